The van der Waals surface area contributed by atoms with E-state index in [9.17, 15) is 13.2 Å². The van der Waals surface area contributed by atoms with Gasteiger partial charge in [-0.15, -0.1) is 0 Å². The maximum absolute atomic E-state index is 12.4. The van der Waals surface area contributed by atoms with Gasteiger partial charge in [-0.2, -0.15) is 0 Å². The second-order valence-corrected chi connectivity index (χ2v) is 9.36. The van der Waals surface area contributed by atoms with E-state index in [1.54, 1.807) is 24.3 Å². The predicted octanol–water partition coefficient (Wildman–Crippen LogP) is 2.00. The van der Waals surface area contributed by atoms with E-state index in [4.69, 9.17) is 0 Å². The Morgan fingerprint density at radius 1 is 1.22 bits per heavy atom. The Kier molecular flexibility index (Phi) is 8.07. The number of carbonyl (C=O) groups excluding carboxylic acids is 1. The first-order valence-electron chi connectivity index (χ1n) is 9.58. The Morgan fingerprint density at radius 2 is 1.96 bits per heavy atom. The topological polar surface area (TPSA) is 81.8 Å². The van der Waals surface area contributed by atoms with Gasteiger partial charge in [0.2, 0.25) is 10.0 Å². The van der Waals surface area contributed by atoms with Crippen molar-refractivity contribution in [2.45, 2.75) is 50.1 Å². The first-order chi connectivity index (χ1) is 12.8. The summed E-state index contributed by atoms with van der Waals surface area (Å²) in [6.07, 6.45) is 4.73. The van der Waals surface area contributed by atoms with Crippen molar-refractivity contribution in [1.82, 2.24) is 19.8 Å². The summed E-state index contributed by atoms with van der Waals surface area (Å²) in [6, 6.07) is 7.07. The molecule has 2 rings (SSSR count). The van der Waals surface area contributed by atoms with E-state index in [2.05, 4.69) is 22.5 Å². The Morgan fingerprint density at radius 3 is 2.67 bits per heavy atom. The number of piperidine rings is 1. The predicted molar refractivity (Wildman–Crippen MR) is 107 cm³/mol. The third-order valence-electron chi connectivity index (χ3n) is 5.02. The highest BCUT2D eigenvalue weighted by Gasteiger charge is 2.21. The molecule has 2 amide bonds. The summed E-state index contributed by atoms with van der Waals surface area (Å²) in [6.45, 7) is 5.17. The van der Waals surface area contributed by atoms with Gasteiger partial charge in [0.15, 0.2) is 0 Å². The molecule has 152 valence electrons. The van der Waals surface area contributed by atoms with Gasteiger partial charge in [-0.25, -0.2) is 17.5 Å². The lowest BCUT2D eigenvalue weighted by Crippen LogP contribution is -2.40. The van der Waals surface area contributed by atoms with E-state index in [1.165, 1.54) is 37.7 Å². The van der Waals surface area contributed by atoms with Gasteiger partial charge in [0.05, 0.1) is 4.90 Å². The van der Waals surface area contributed by atoms with E-state index >= 15 is 0 Å². The van der Waals surface area contributed by atoms with Crippen molar-refractivity contribution in [3.05, 3.63) is 29.8 Å². The van der Waals surface area contributed by atoms with Crippen molar-refractivity contribution in [1.29, 1.82) is 0 Å². The molecular weight excluding hydrogens is 364 g/mol. The number of hydrogen-bond acceptors (Lipinski definition) is 4. The van der Waals surface area contributed by atoms with Gasteiger partial charge in [-0.3, -0.25) is 0 Å². The van der Waals surface area contributed by atoms with Crippen LogP contribution in [0, 0.1) is 0 Å². The third kappa shape index (κ3) is 6.19. The van der Waals surface area contributed by atoms with Gasteiger partial charge in [0, 0.05) is 39.8 Å². The molecule has 27 heavy (non-hydrogen) atoms. The first-order valence-corrected chi connectivity index (χ1v) is 11.0. The Balaban J connectivity index is 1.78. The molecule has 0 radical (unpaired) electrons. The summed E-state index contributed by atoms with van der Waals surface area (Å²) in [5.41, 5.74) is 0.573. The molecule has 8 heteroatoms. The number of amides is 2. The van der Waals surface area contributed by atoms with Crippen molar-refractivity contribution in [3.8, 4) is 0 Å². The average Bonchev–Trinajstić information content (AvgIpc) is 2.65. The van der Waals surface area contributed by atoms with Crippen molar-refractivity contribution >= 4 is 16.1 Å². The summed E-state index contributed by atoms with van der Waals surface area (Å²) in [7, 11) is -0.547. The molecule has 1 aromatic rings. The molecule has 0 bridgehead atoms. The second-order valence-electron chi connectivity index (χ2n) is 7.24. The van der Waals surface area contributed by atoms with Gasteiger partial charge in [-0.1, -0.05) is 24.6 Å². The lowest BCUT2D eigenvalue weighted by Gasteiger charge is -2.33. The van der Waals surface area contributed by atoms with E-state index in [0.29, 0.717) is 18.2 Å². The molecule has 0 spiro atoms. The average molecular weight is 397 g/mol. The van der Waals surface area contributed by atoms with E-state index in [0.717, 1.165) is 19.5 Å². The fraction of sp³-hybridized carbons (Fsp3) is 0.632. The van der Waals surface area contributed by atoms with Crippen LogP contribution in [0.5, 0.6) is 0 Å². The molecule has 0 aromatic heterocycles. The molecule has 0 aliphatic carbocycles. The molecule has 1 heterocycles. The number of rotatable bonds is 8. The molecule has 1 saturated heterocycles. The number of sulfonamides is 1. The van der Waals surface area contributed by atoms with Crippen molar-refractivity contribution in [2.24, 2.45) is 0 Å². The van der Waals surface area contributed by atoms with Crippen LogP contribution in [-0.2, 0) is 16.6 Å². The van der Waals surface area contributed by atoms with Gasteiger partial charge in [-0.05, 0) is 44.4 Å². The third-order valence-corrected chi connectivity index (χ3v) is 6.93. The maximum atomic E-state index is 12.4. The van der Waals surface area contributed by atoms with Crippen LogP contribution < -0.4 is 10.6 Å². The van der Waals surface area contributed by atoms with Gasteiger partial charge >= 0.3 is 6.03 Å². The molecule has 1 unspecified atom stereocenters. The normalized spacial score (nSPS) is 18.4. The van der Waals surface area contributed by atoms with Gasteiger partial charge < -0.3 is 15.5 Å². The van der Waals surface area contributed by atoms with Crippen LogP contribution in [0.3, 0.4) is 0 Å². The Hall–Kier alpha value is -1.64. The van der Waals surface area contributed by atoms with Gasteiger partial charge in [0.25, 0.3) is 0 Å². The SMILES string of the molecule is CC1CCCCN1CCCNC(=O)NCc1ccccc1S(=O)(=O)N(C)C. The highest BCUT2D eigenvalue weighted by atomic mass is 32.2. The summed E-state index contributed by atoms with van der Waals surface area (Å²) in [5, 5.41) is 5.60. The monoisotopic (exact) mass is 396 g/mol. The van der Waals surface area contributed by atoms with Crippen LogP contribution in [0.15, 0.2) is 29.2 Å². The molecule has 1 aliphatic rings. The summed E-state index contributed by atoms with van der Waals surface area (Å²) >= 11 is 0. The molecular formula is C19H32N4O3S. The van der Waals surface area contributed by atoms with E-state index in [1.807, 2.05) is 0 Å². The fourth-order valence-corrected chi connectivity index (χ4v) is 4.43. The minimum Gasteiger partial charge on any atom is -0.338 e. The molecule has 7 nitrogen and oxygen atoms in total. The van der Waals surface area contributed by atoms with Crippen molar-refractivity contribution in [2.75, 3.05) is 33.7 Å². The number of nitrogens with zero attached hydrogens (tertiary/aromatic N) is 2. The minimum atomic E-state index is -3.54. The number of hydrogen-bond donors (Lipinski definition) is 2. The largest absolute Gasteiger partial charge is 0.338 e. The second kappa shape index (κ2) is 10.1. The Labute approximate surface area is 163 Å². The standard InChI is InChI=1S/C19H32N4O3S/c1-16-9-6-7-13-23(16)14-8-12-20-19(24)21-15-17-10-4-5-11-18(17)27(25,26)22(2)3/h4-5,10-11,16H,6-9,12-15H2,1-3H3,(H2,20,21,24). The van der Waals surface area contributed by atoms with Crippen molar-refractivity contribution < 1.29 is 13.2 Å². The highest BCUT2D eigenvalue weighted by Crippen LogP contribution is 2.18. The first kappa shape index (κ1) is 21.7. The molecule has 1 aromatic carbocycles. The summed E-state index contributed by atoms with van der Waals surface area (Å²) < 4.78 is 25.9. The number of benzene rings is 1. The molecule has 1 aliphatic heterocycles. The van der Waals surface area contributed by atoms with Crippen LogP contribution in [0.25, 0.3) is 0 Å². The highest BCUT2D eigenvalue weighted by molar-refractivity contribution is 7.89. The molecule has 1 fully saturated rings. The number of nitrogens with one attached hydrogen (secondary N) is 2. The lowest BCUT2D eigenvalue weighted by molar-refractivity contribution is 0.159. The quantitative estimate of drug-likeness (QED) is 0.659. The lowest BCUT2D eigenvalue weighted by atomic mass is 10.0. The van der Waals surface area contributed by atoms with Crippen LogP contribution in [0.4, 0.5) is 4.79 Å². The van der Waals surface area contributed by atoms with Crippen LogP contribution >= 0.6 is 0 Å². The van der Waals surface area contributed by atoms with Crippen LogP contribution in [0.1, 0.15) is 38.2 Å². The van der Waals surface area contributed by atoms with E-state index in [-0.39, 0.29) is 17.5 Å². The summed E-state index contributed by atoms with van der Waals surface area (Å²) in [5.74, 6) is 0. The minimum absolute atomic E-state index is 0.165. The number of carbonyl (C=O) groups is 1. The van der Waals surface area contributed by atoms with Gasteiger partial charge in [0.1, 0.15) is 0 Å². The van der Waals surface area contributed by atoms with Crippen molar-refractivity contribution in [3.63, 3.8) is 0 Å². The number of urea groups is 1. The molecule has 0 saturated carbocycles. The zero-order valence-corrected chi connectivity index (χ0v) is 17.4. The van der Waals surface area contributed by atoms with E-state index < -0.39 is 10.0 Å². The zero-order valence-electron chi connectivity index (χ0n) is 16.6. The van der Waals surface area contributed by atoms with Crippen LogP contribution in [-0.4, -0.2) is 63.4 Å². The fourth-order valence-electron chi connectivity index (χ4n) is 3.31. The maximum Gasteiger partial charge on any atom is 0.315 e. The zero-order chi connectivity index (χ0) is 19.9. The smallest absolute Gasteiger partial charge is 0.315 e. The Bertz CT molecular complexity index is 721. The number of likely N-dealkylation sites (tertiary alicyclic amines) is 1. The summed E-state index contributed by atoms with van der Waals surface area (Å²) in [4.78, 5) is 14.7. The van der Waals surface area contributed by atoms with Crippen LogP contribution in [0.2, 0.25) is 0 Å². The molecule has 2 N–H and O–H groups in total. The molecule has 1 atom stereocenters.